The van der Waals surface area contributed by atoms with Crippen LogP contribution in [-0.2, 0) is 9.53 Å². The molecule has 1 heterocycles. The van der Waals surface area contributed by atoms with Gasteiger partial charge in [-0.3, -0.25) is 10.1 Å². The zero-order chi connectivity index (χ0) is 12.4. The lowest BCUT2D eigenvalue weighted by atomic mass is 10.1. The highest BCUT2D eigenvalue weighted by Gasteiger charge is 2.43. The van der Waals surface area contributed by atoms with Gasteiger partial charge in [0.25, 0.3) is 0 Å². The largest absolute Gasteiger partial charge is 0.381 e. The summed E-state index contributed by atoms with van der Waals surface area (Å²) in [6.45, 7) is 4.21. The molecule has 1 aliphatic heterocycles. The van der Waals surface area contributed by atoms with Crippen LogP contribution in [0.4, 0.5) is 0 Å². The predicted octanol–water partition coefficient (Wildman–Crippen LogP) is 1.50. The molecule has 1 amide bonds. The lowest BCUT2D eigenvalue weighted by Gasteiger charge is -2.29. The molecule has 0 aromatic heterocycles. The van der Waals surface area contributed by atoms with Crippen molar-refractivity contribution in [2.75, 3.05) is 7.11 Å². The monoisotopic (exact) mass is 240 g/mol. The molecule has 1 aliphatic carbocycles. The molecule has 2 aliphatic rings. The summed E-state index contributed by atoms with van der Waals surface area (Å²) in [7, 11) is 1.77. The highest BCUT2D eigenvalue weighted by molar-refractivity contribution is 5.84. The molecule has 4 unspecified atom stereocenters. The highest BCUT2D eigenvalue weighted by Crippen LogP contribution is 2.30. The first-order valence-electron chi connectivity index (χ1n) is 6.82. The van der Waals surface area contributed by atoms with Crippen LogP contribution in [0, 0.1) is 0 Å². The summed E-state index contributed by atoms with van der Waals surface area (Å²) in [5.41, 5.74) is 0. The minimum absolute atomic E-state index is 0.0292. The Labute approximate surface area is 104 Å². The molecule has 17 heavy (non-hydrogen) atoms. The summed E-state index contributed by atoms with van der Waals surface area (Å²) in [5, 5.41) is 3.44. The summed E-state index contributed by atoms with van der Waals surface area (Å²) < 4.78 is 5.40. The predicted molar refractivity (Wildman–Crippen MR) is 66.6 cm³/mol. The number of carbonyl (C=O) groups excluding carboxylic acids is 1. The van der Waals surface area contributed by atoms with E-state index >= 15 is 0 Å². The third-order valence-corrected chi connectivity index (χ3v) is 4.16. The molecule has 0 bridgehead atoms. The number of nitrogens with zero attached hydrogens (tertiary/aromatic N) is 1. The van der Waals surface area contributed by atoms with Gasteiger partial charge >= 0.3 is 0 Å². The van der Waals surface area contributed by atoms with Crippen molar-refractivity contribution in [3.8, 4) is 0 Å². The number of methoxy groups -OCH3 is 1. The third kappa shape index (κ3) is 2.33. The van der Waals surface area contributed by atoms with E-state index in [1.165, 1.54) is 0 Å². The highest BCUT2D eigenvalue weighted by atomic mass is 16.5. The first-order valence-corrected chi connectivity index (χ1v) is 6.82. The Hall–Kier alpha value is -0.610. The van der Waals surface area contributed by atoms with Crippen molar-refractivity contribution in [2.45, 2.75) is 70.3 Å². The van der Waals surface area contributed by atoms with E-state index < -0.39 is 0 Å². The Balaban J connectivity index is 2.05. The molecule has 0 aromatic carbocycles. The van der Waals surface area contributed by atoms with Crippen LogP contribution >= 0.6 is 0 Å². The minimum atomic E-state index is 0.0292. The maximum atomic E-state index is 12.3. The molecular formula is C13H24N2O2. The normalized spacial score (nSPS) is 38.1. The maximum absolute atomic E-state index is 12.3. The molecule has 98 valence electrons. The molecule has 4 heteroatoms. The van der Waals surface area contributed by atoms with Crippen molar-refractivity contribution >= 4 is 5.91 Å². The standard InChI is InChI=1S/C13H24N2O2/c1-4-11-13(16)15(12(5-2)14-11)9-6-7-10(8-9)17-3/h9-12,14H,4-8H2,1-3H3. The smallest absolute Gasteiger partial charge is 0.241 e. The molecule has 0 aromatic rings. The van der Waals surface area contributed by atoms with Gasteiger partial charge < -0.3 is 9.64 Å². The first-order chi connectivity index (χ1) is 8.21. The first kappa shape index (κ1) is 12.8. The Morgan fingerprint density at radius 1 is 1.35 bits per heavy atom. The van der Waals surface area contributed by atoms with Gasteiger partial charge in [0.15, 0.2) is 0 Å². The van der Waals surface area contributed by atoms with Crippen LogP contribution < -0.4 is 5.32 Å². The number of amides is 1. The summed E-state index contributed by atoms with van der Waals surface area (Å²) in [6, 6.07) is 0.406. The van der Waals surface area contributed by atoms with E-state index in [4.69, 9.17) is 4.74 Å². The van der Waals surface area contributed by atoms with E-state index in [1.54, 1.807) is 7.11 Å². The van der Waals surface area contributed by atoms with Gasteiger partial charge in [-0.25, -0.2) is 0 Å². The van der Waals surface area contributed by atoms with Gasteiger partial charge in [0.05, 0.1) is 18.3 Å². The second-order valence-electron chi connectivity index (χ2n) is 5.12. The maximum Gasteiger partial charge on any atom is 0.241 e. The van der Waals surface area contributed by atoms with Gasteiger partial charge in [-0.2, -0.15) is 0 Å². The molecule has 0 spiro atoms. The Morgan fingerprint density at radius 3 is 2.65 bits per heavy atom. The number of nitrogens with one attached hydrogen (secondary N) is 1. The molecule has 1 saturated carbocycles. The van der Waals surface area contributed by atoms with Crippen LogP contribution in [0.3, 0.4) is 0 Å². The van der Waals surface area contributed by atoms with Crippen molar-refractivity contribution in [1.29, 1.82) is 0 Å². The van der Waals surface area contributed by atoms with E-state index in [9.17, 15) is 4.79 Å². The van der Waals surface area contributed by atoms with Crippen LogP contribution in [0.1, 0.15) is 46.0 Å². The van der Waals surface area contributed by atoms with Gasteiger partial charge in [0.1, 0.15) is 0 Å². The van der Waals surface area contributed by atoms with Crippen LogP contribution in [0.5, 0.6) is 0 Å². The molecule has 4 nitrogen and oxygen atoms in total. The van der Waals surface area contributed by atoms with Crippen molar-refractivity contribution in [3.63, 3.8) is 0 Å². The molecular weight excluding hydrogens is 216 g/mol. The molecule has 2 rings (SSSR count). The fraction of sp³-hybridized carbons (Fsp3) is 0.923. The summed E-state index contributed by atoms with van der Waals surface area (Å²) in [6.07, 6.45) is 5.59. The van der Waals surface area contributed by atoms with E-state index in [-0.39, 0.29) is 12.2 Å². The van der Waals surface area contributed by atoms with Crippen molar-refractivity contribution in [1.82, 2.24) is 10.2 Å². The second-order valence-corrected chi connectivity index (χ2v) is 5.12. The van der Waals surface area contributed by atoms with Crippen LogP contribution in [0.25, 0.3) is 0 Å². The van der Waals surface area contributed by atoms with E-state index in [1.807, 2.05) is 0 Å². The SMILES string of the molecule is CCC1NC(CC)N(C2CCC(OC)C2)C1=O. The molecule has 1 saturated heterocycles. The number of hydrogen-bond donors (Lipinski definition) is 1. The summed E-state index contributed by atoms with van der Waals surface area (Å²) in [5.74, 6) is 0.293. The lowest BCUT2D eigenvalue weighted by molar-refractivity contribution is -0.132. The zero-order valence-electron chi connectivity index (χ0n) is 11.1. The van der Waals surface area contributed by atoms with Crippen LogP contribution in [-0.4, -0.2) is 42.3 Å². The van der Waals surface area contributed by atoms with Gasteiger partial charge in [-0.15, -0.1) is 0 Å². The number of hydrogen-bond acceptors (Lipinski definition) is 3. The second kappa shape index (κ2) is 5.36. The fourth-order valence-corrected chi connectivity index (χ4v) is 3.14. The third-order valence-electron chi connectivity index (χ3n) is 4.16. The van der Waals surface area contributed by atoms with Crippen molar-refractivity contribution < 1.29 is 9.53 Å². The quantitative estimate of drug-likeness (QED) is 0.809. The molecule has 1 N–H and O–H groups in total. The fourth-order valence-electron chi connectivity index (χ4n) is 3.14. The van der Waals surface area contributed by atoms with Gasteiger partial charge in [-0.1, -0.05) is 13.8 Å². The average Bonchev–Trinajstić information content (AvgIpc) is 2.92. The topological polar surface area (TPSA) is 41.6 Å². The lowest BCUT2D eigenvalue weighted by Crippen LogP contribution is -2.43. The van der Waals surface area contributed by atoms with E-state index in [2.05, 4.69) is 24.1 Å². The molecule has 4 atom stereocenters. The van der Waals surface area contributed by atoms with Crippen LogP contribution in [0.15, 0.2) is 0 Å². The van der Waals surface area contributed by atoms with Crippen molar-refractivity contribution in [2.24, 2.45) is 0 Å². The average molecular weight is 240 g/mol. The number of carbonyl (C=O) groups is 1. The summed E-state index contributed by atoms with van der Waals surface area (Å²) in [4.78, 5) is 14.4. The van der Waals surface area contributed by atoms with Gasteiger partial charge in [-0.05, 0) is 32.1 Å². The van der Waals surface area contributed by atoms with E-state index in [0.717, 1.165) is 32.1 Å². The van der Waals surface area contributed by atoms with Gasteiger partial charge in [0, 0.05) is 13.2 Å². The number of ether oxygens (including phenoxy) is 1. The Morgan fingerprint density at radius 2 is 2.12 bits per heavy atom. The minimum Gasteiger partial charge on any atom is -0.381 e. The summed E-state index contributed by atoms with van der Waals surface area (Å²) >= 11 is 0. The Bertz CT molecular complexity index is 283. The number of rotatable bonds is 4. The van der Waals surface area contributed by atoms with Gasteiger partial charge in [0.2, 0.25) is 5.91 Å². The molecule has 2 fully saturated rings. The van der Waals surface area contributed by atoms with Crippen LogP contribution in [0.2, 0.25) is 0 Å². The van der Waals surface area contributed by atoms with Crippen molar-refractivity contribution in [3.05, 3.63) is 0 Å². The molecule has 0 radical (unpaired) electrons. The Kier molecular flexibility index (Phi) is 4.05. The zero-order valence-corrected chi connectivity index (χ0v) is 11.1. The van der Waals surface area contributed by atoms with E-state index in [0.29, 0.717) is 18.1 Å².